The Bertz CT molecular complexity index is 761. The molecule has 3 rings (SSSR count). The summed E-state index contributed by atoms with van der Waals surface area (Å²) in [5, 5.41) is 11.1. The number of aryl methyl sites for hydroxylation is 1. The fourth-order valence-corrected chi connectivity index (χ4v) is 3.27. The van der Waals surface area contributed by atoms with Crippen molar-refractivity contribution in [2.45, 2.75) is 52.1 Å². The van der Waals surface area contributed by atoms with Gasteiger partial charge < -0.3 is 15.4 Å². The van der Waals surface area contributed by atoms with E-state index in [0.717, 1.165) is 43.5 Å². The minimum absolute atomic E-state index is 0. The summed E-state index contributed by atoms with van der Waals surface area (Å²) in [7, 11) is 0. The molecule has 1 unspecified atom stereocenters. The van der Waals surface area contributed by atoms with E-state index in [4.69, 9.17) is 4.74 Å². The van der Waals surface area contributed by atoms with Crippen molar-refractivity contribution in [1.29, 1.82) is 0 Å². The molecule has 0 bridgehead atoms. The molecule has 2 aromatic rings. The number of nitrogens with zero attached hydrogens (tertiary/aromatic N) is 4. The van der Waals surface area contributed by atoms with Crippen LogP contribution in [0.2, 0.25) is 0 Å². The Kier molecular flexibility index (Phi) is 9.01. The first kappa shape index (κ1) is 22.4. The van der Waals surface area contributed by atoms with Gasteiger partial charge in [-0.3, -0.25) is 0 Å². The Hall–Kier alpha value is -1.84. The average molecular weight is 498 g/mol. The lowest BCUT2D eigenvalue weighted by atomic mass is 10.0. The molecular formula is C20H31IN6O. The third-order valence-electron chi connectivity index (χ3n) is 4.65. The van der Waals surface area contributed by atoms with E-state index in [1.54, 1.807) is 6.33 Å². The molecule has 0 saturated carbocycles. The molecule has 1 aromatic heterocycles. The van der Waals surface area contributed by atoms with Gasteiger partial charge in [0, 0.05) is 19.0 Å². The van der Waals surface area contributed by atoms with Crippen LogP contribution in [0.1, 0.15) is 44.5 Å². The van der Waals surface area contributed by atoms with Crippen molar-refractivity contribution in [2.24, 2.45) is 4.99 Å². The molecule has 2 N–H and O–H groups in total. The van der Waals surface area contributed by atoms with Gasteiger partial charge in [0.1, 0.15) is 24.5 Å². The molecule has 0 saturated heterocycles. The highest BCUT2D eigenvalue weighted by molar-refractivity contribution is 14.0. The monoisotopic (exact) mass is 498 g/mol. The van der Waals surface area contributed by atoms with E-state index >= 15 is 0 Å². The summed E-state index contributed by atoms with van der Waals surface area (Å²) in [5.74, 6) is 3.28. The largest absolute Gasteiger partial charge is 0.491 e. The van der Waals surface area contributed by atoms with Crippen LogP contribution in [0.25, 0.3) is 0 Å². The SMILES string of the molecule is CCNC(=NCCOc1ccccc1C(C)C)NC1CCc2ncnn2C1.I. The second-order valence-electron chi connectivity index (χ2n) is 7.04. The molecule has 154 valence electrons. The summed E-state index contributed by atoms with van der Waals surface area (Å²) in [6.07, 6.45) is 3.59. The zero-order valence-corrected chi connectivity index (χ0v) is 19.2. The van der Waals surface area contributed by atoms with E-state index < -0.39 is 0 Å². The Morgan fingerprint density at radius 2 is 2.18 bits per heavy atom. The van der Waals surface area contributed by atoms with Crippen molar-refractivity contribution in [2.75, 3.05) is 19.7 Å². The van der Waals surface area contributed by atoms with Gasteiger partial charge in [0.2, 0.25) is 0 Å². The molecule has 1 atom stereocenters. The van der Waals surface area contributed by atoms with Gasteiger partial charge in [-0.1, -0.05) is 32.0 Å². The topological polar surface area (TPSA) is 76.4 Å². The zero-order chi connectivity index (χ0) is 19.1. The molecule has 1 aliphatic rings. The van der Waals surface area contributed by atoms with Gasteiger partial charge in [0.25, 0.3) is 0 Å². The van der Waals surface area contributed by atoms with Crippen molar-refractivity contribution < 1.29 is 4.74 Å². The van der Waals surface area contributed by atoms with E-state index in [9.17, 15) is 0 Å². The molecule has 2 heterocycles. The molecule has 0 aliphatic carbocycles. The molecule has 1 aromatic carbocycles. The molecule has 0 spiro atoms. The summed E-state index contributed by atoms with van der Waals surface area (Å²) < 4.78 is 7.94. The van der Waals surface area contributed by atoms with E-state index in [-0.39, 0.29) is 24.0 Å². The maximum atomic E-state index is 5.97. The molecule has 0 radical (unpaired) electrons. The lowest BCUT2D eigenvalue weighted by molar-refractivity contribution is 0.323. The first-order chi connectivity index (χ1) is 13.2. The number of hydrogen-bond acceptors (Lipinski definition) is 4. The number of guanidine groups is 1. The van der Waals surface area contributed by atoms with Crippen LogP contribution in [0, 0.1) is 0 Å². The maximum Gasteiger partial charge on any atom is 0.191 e. The molecular weight excluding hydrogens is 467 g/mol. The lowest BCUT2D eigenvalue weighted by Crippen LogP contribution is -2.47. The van der Waals surface area contributed by atoms with Gasteiger partial charge in [0.15, 0.2) is 5.96 Å². The van der Waals surface area contributed by atoms with E-state index in [0.29, 0.717) is 25.1 Å². The normalized spacial score (nSPS) is 16.3. The summed E-state index contributed by atoms with van der Waals surface area (Å²) in [5.41, 5.74) is 1.23. The molecule has 7 nitrogen and oxygen atoms in total. The Morgan fingerprint density at radius 3 is 2.96 bits per heavy atom. The third kappa shape index (κ3) is 6.08. The van der Waals surface area contributed by atoms with Gasteiger partial charge >= 0.3 is 0 Å². The lowest BCUT2D eigenvalue weighted by Gasteiger charge is -2.25. The van der Waals surface area contributed by atoms with Gasteiger partial charge in [-0.15, -0.1) is 24.0 Å². The second kappa shape index (κ2) is 11.2. The minimum Gasteiger partial charge on any atom is -0.491 e. The van der Waals surface area contributed by atoms with Crippen molar-refractivity contribution in [1.82, 2.24) is 25.4 Å². The molecule has 28 heavy (non-hydrogen) atoms. The van der Waals surface area contributed by atoms with Crippen LogP contribution in [-0.2, 0) is 13.0 Å². The van der Waals surface area contributed by atoms with Gasteiger partial charge in [-0.05, 0) is 30.9 Å². The van der Waals surface area contributed by atoms with Crippen molar-refractivity contribution in [3.8, 4) is 5.75 Å². The quantitative estimate of drug-likeness (QED) is 0.266. The number of benzene rings is 1. The van der Waals surface area contributed by atoms with Gasteiger partial charge in [0.05, 0.1) is 13.1 Å². The third-order valence-corrected chi connectivity index (χ3v) is 4.65. The van der Waals surface area contributed by atoms with Crippen LogP contribution in [0.15, 0.2) is 35.6 Å². The predicted octanol–water partition coefficient (Wildman–Crippen LogP) is 2.97. The number of hydrogen-bond donors (Lipinski definition) is 2. The summed E-state index contributed by atoms with van der Waals surface area (Å²) in [4.78, 5) is 8.94. The minimum atomic E-state index is 0. The number of nitrogens with one attached hydrogen (secondary N) is 2. The zero-order valence-electron chi connectivity index (χ0n) is 16.9. The first-order valence-corrected chi connectivity index (χ1v) is 9.80. The number of aromatic nitrogens is 3. The number of halogens is 1. The highest BCUT2D eigenvalue weighted by Crippen LogP contribution is 2.25. The fourth-order valence-electron chi connectivity index (χ4n) is 3.27. The number of ether oxygens (including phenoxy) is 1. The molecule has 0 fully saturated rings. The number of fused-ring (bicyclic) bond motifs is 1. The smallest absolute Gasteiger partial charge is 0.191 e. The Balaban J connectivity index is 0.00000280. The summed E-state index contributed by atoms with van der Waals surface area (Å²) in [6.45, 7) is 9.23. The Labute approximate surface area is 184 Å². The van der Waals surface area contributed by atoms with Crippen molar-refractivity contribution in [3.05, 3.63) is 42.0 Å². The van der Waals surface area contributed by atoms with Crippen molar-refractivity contribution >= 4 is 29.9 Å². The van der Waals surface area contributed by atoms with Crippen LogP contribution < -0.4 is 15.4 Å². The highest BCUT2D eigenvalue weighted by Gasteiger charge is 2.20. The molecule has 8 heteroatoms. The summed E-state index contributed by atoms with van der Waals surface area (Å²) in [6, 6.07) is 8.52. The second-order valence-corrected chi connectivity index (χ2v) is 7.04. The van der Waals surface area contributed by atoms with Crippen LogP contribution in [0.4, 0.5) is 0 Å². The van der Waals surface area contributed by atoms with E-state index in [1.165, 1.54) is 5.56 Å². The van der Waals surface area contributed by atoms with Gasteiger partial charge in [-0.25, -0.2) is 14.7 Å². The van der Waals surface area contributed by atoms with E-state index in [2.05, 4.69) is 58.6 Å². The van der Waals surface area contributed by atoms with Crippen LogP contribution in [-0.4, -0.2) is 46.5 Å². The van der Waals surface area contributed by atoms with E-state index in [1.807, 2.05) is 16.8 Å². The maximum absolute atomic E-state index is 5.97. The highest BCUT2D eigenvalue weighted by atomic mass is 127. The first-order valence-electron chi connectivity index (χ1n) is 9.80. The molecule has 1 aliphatic heterocycles. The van der Waals surface area contributed by atoms with Crippen molar-refractivity contribution in [3.63, 3.8) is 0 Å². The summed E-state index contributed by atoms with van der Waals surface area (Å²) >= 11 is 0. The Morgan fingerprint density at radius 1 is 1.36 bits per heavy atom. The van der Waals surface area contributed by atoms with Crippen LogP contribution in [0.5, 0.6) is 5.75 Å². The molecule has 0 amide bonds. The fraction of sp³-hybridized carbons (Fsp3) is 0.550. The van der Waals surface area contributed by atoms with Crippen LogP contribution in [0.3, 0.4) is 0 Å². The predicted molar refractivity (Wildman–Crippen MR) is 123 cm³/mol. The van der Waals surface area contributed by atoms with Crippen LogP contribution >= 0.6 is 24.0 Å². The van der Waals surface area contributed by atoms with Gasteiger partial charge in [-0.2, -0.15) is 5.10 Å². The average Bonchev–Trinajstić information content (AvgIpc) is 3.13. The number of rotatable bonds is 7. The number of aliphatic imine (C=N–C) groups is 1. The number of para-hydroxylation sites is 1. The standard InChI is InChI=1S/C20H30N6O.HI/c1-4-21-20(25-16-9-10-19-23-14-24-26(19)13-16)22-11-12-27-18-8-6-5-7-17(18)15(2)3;/h5-8,14-16H,4,9-13H2,1-3H3,(H2,21,22,25);1H.